The molecule has 7 atom stereocenters. The molecular weight excluding hydrogens is 144 g/mol. The summed E-state index contributed by atoms with van der Waals surface area (Å²) in [7, 11) is 0. The second kappa shape index (κ2) is 1.32. The lowest BCUT2D eigenvalue weighted by Gasteiger charge is -2.73. The molecular formula is C12H14. The van der Waals surface area contributed by atoms with Crippen LogP contribution in [0.5, 0.6) is 0 Å². The van der Waals surface area contributed by atoms with Crippen LogP contribution in [0.1, 0.15) is 19.3 Å². The molecule has 0 heterocycles. The molecule has 5 aliphatic carbocycles. The second-order valence-electron chi connectivity index (χ2n) is 5.84. The minimum absolute atomic E-state index is 1.04. The van der Waals surface area contributed by atoms with Crippen LogP contribution in [0.15, 0.2) is 11.6 Å². The summed E-state index contributed by atoms with van der Waals surface area (Å²) < 4.78 is 0. The topological polar surface area (TPSA) is 0 Å². The number of rotatable bonds is 0. The molecule has 0 aromatic rings. The summed E-state index contributed by atoms with van der Waals surface area (Å²) in [6.45, 7) is 0. The molecule has 62 valence electrons. The van der Waals surface area contributed by atoms with Gasteiger partial charge in [-0.2, -0.15) is 0 Å². The van der Waals surface area contributed by atoms with Gasteiger partial charge in [0.2, 0.25) is 0 Å². The predicted octanol–water partition coefficient (Wildman–Crippen LogP) is 2.46. The van der Waals surface area contributed by atoms with Crippen LogP contribution >= 0.6 is 0 Å². The fourth-order valence-electron chi connectivity index (χ4n) is 5.51. The molecule has 5 aliphatic rings. The van der Waals surface area contributed by atoms with E-state index >= 15 is 0 Å². The number of hydrogen-bond donors (Lipinski definition) is 0. The van der Waals surface area contributed by atoms with Gasteiger partial charge in [-0.1, -0.05) is 11.6 Å². The number of allylic oxidation sites excluding steroid dienone is 2. The molecule has 2 bridgehead atoms. The average molecular weight is 158 g/mol. The van der Waals surface area contributed by atoms with Gasteiger partial charge in [-0.15, -0.1) is 0 Å². The van der Waals surface area contributed by atoms with Crippen molar-refractivity contribution in [3.8, 4) is 0 Å². The second-order valence-corrected chi connectivity index (χ2v) is 5.84. The van der Waals surface area contributed by atoms with E-state index in [-0.39, 0.29) is 0 Å². The van der Waals surface area contributed by atoms with Crippen molar-refractivity contribution in [3.63, 3.8) is 0 Å². The zero-order valence-electron chi connectivity index (χ0n) is 7.24. The van der Waals surface area contributed by atoms with E-state index in [1.807, 2.05) is 5.57 Å². The highest BCUT2D eigenvalue weighted by atomic mass is 14.8. The van der Waals surface area contributed by atoms with E-state index in [0.717, 1.165) is 17.8 Å². The van der Waals surface area contributed by atoms with Crippen LogP contribution in [-0.4, -0.2) is 0 Å². The maximum Gasteiger partial charge on any atom is -0.0130 e. The molecule has 0 saturated heterocycles. The quantitative estimate of drug-likeness (QED) is 0.475. The molecule has 0 spiro atoms. The molecule has 7 unspecified atom stereocenters. The Hall–Kier alpha value is -0.260. The van der Waals surface area contributed by atoms with Crippen molar-refractivity contribution in [2.75, 3.05) is 0 Å². The first-order valence-electron chi connectivity index (χ1n) is 5.65. The standard InChI is InChI=1S/C12H14/c1-5-2-7-8(3-5)12-10-6(1)4-9(10)11(7)12/h3,5-7,9-12H,1-2,4H2. The summed E-state index contributed by atoms with van der Waals surface area (Å²) in [5.74, 6) is 8.12. The highest BCUT2D eigenvalue weighted by Crippen LogP contribution is 2.78. The Morgan fingerprint density at radius 2 is 2.08 bits per heavy atom. The first-order valence-corrected chi connectivity index (χ1v) is 5.65. The van der Waals surface area contributed by atoms with Gasteiger partial charge in [0.25, 0.3) is 0 Å². The van der Waals surface area contributed by atoms with E-state index in [2.05, 4.69) is 6.08 Å². The van der Waals surface area contributed by atoms with Crippen LogP contribution < -0.4 is 0 Å². The monoisotopic (exact) mass is 158 g/mol. The van der Waals surface area contributed by atoms with E-state index in [4.69, 9.17) is 0 Å². The fraction of sp³-hybridized carbons (Fsp3) is 0.833. The molecule has 12 heavy (non-hydrogen) atoms. The summed E-state index contributed by atoms with van der Waals surface area (Å²) in [5, 5.41) is 0. The van der Waals surface area contributed by atoms with Crippen LogP contribution in [0.3, 0.4) is 0 Å². The summed E-state index contributed by atoms with van der Waals surface area (Å²) >= 11 is 0. The zero-order chi connectivity index (χ0) is 7.45. The van der Waals surface area contributed by atoms with Gasteiger partial charge in [-0.3, -0.25) is 0 Å². The van der Waals surface area contributed by atoms with E-state index in [0.29, 0.717) is 0 Å². The molecule has 3 fully saturated rings. The molecule has 3 saturated carbocycles. The molecule has 0 heteroatoms. The Morgan fingerprint density at radius 3 is 3.08 bits per heavy atom. The first-order chi connectivity index (χ1) is 5.93. The van der Waals surface area contributed by atoms with Crippen molar-refractivity contribution in [3.05, 3.63) is 11.6 Å². The van der Waals surface area contributed by atoms with E-state index in [9.17, 15) is 0 Å². The van der Waals surface area contributed by atoms with Gasteiger partial charge in [0, 0.05) is 0 Å². The third-order valence-electron chi connectivity index (χ3n) is 5.81. The highest BCUT2D eigenvalue weighted by Gasteiger charge is 2.72. The summed E-state index contributed by atoms with van der Waals surface area (Å²) in [6, 6.07) is 0. The maximum atomic E-state index is 2.68. The highest BCUT2D eigenvalue weighted by molar-refractivity contribution is 5.40. The average Bonchev–Trinajstić information content (AvgIpc) is 2.34. The smallest absolute Gasteiger partial charge is 0.0130 e. The Labute approximate surface area is 73.0 Å². The van der Waals surface area contributed by atoms with Crippen LogP contribution in [0.4, 0.5) is 0 Å². The number of fused-ring (bicyclic) bond motifs is 3. The molecule has 0 nitrogen and oxygen atoms in total. The van der Waals surface area contributed by atoms with Crippen molar-refractivity contribution in [2.45, 2.75) is 19.3 Å². The summed E-state index contributed by atoms with van der Waals surface area (Å²) in [6.07, 6.45) is 7.45. The predicted molar refractivity (Wildman–Crippen MR) is 46.4 cm³/mol. The molecule has 0 aromatic heterocycles. The lowest BCUT2D eigenvalue weighted by molar-refractivity contribution is -0.210. The van der Waals surface area contributed by atoms with E-state index in [1.54, 1.807) is 19.3 Å². The molecule has 5 rings (SSSR count). The van der Waals surface area contributed by atoms with Crippen molar-refractivity contribution >= 4 is 0 Å². The van der Waals surface area contributed by atoms with Gasteiger partial charge in [-0.25, -0.2) is 0 Å². The molecule has 0 radical (unpaired) electrons. The lowest BCUT2D eigenvalue weighted by atomic mass is 9.31. The molecule has 0 N–H and O–H groups in total. The number of hydrogen-bond acceptors (Lipinski definition) is 0. The molecule has 0 amide bonds. The largest absolute Gasteiger partial charge is 0.0816 e. The van der Waals surface area contributed by atoms with Gasteiger partial charge in [0.05, 0.1) is 0 Å². The lowest BCUT2D eigenvalue weighted by Crippen LogP contribution is -2.68. The third-order valence-corrected chi connectivity index (χ3v) is 5.81. The van der Waals surface area contributed by atoms with Gasteiger partial charge >= 0.3 is 0 Å². The summed E-state index contributed by atoms with van der Waals surface area (Å²) in [5.41, 5.74) is 1.94. The van der Waals surface area contributed by atoms with Gasteiger partial charge in [0.1, 0.15) is 0 Å². The van der Waals surface area contributed by atoms with Crippen molar-refractivity contribution in [1.82, 2.24) is 0 Å². The van der Waals surface area contributed by atoms with Gasteiger partial charge in [0.15, 0.2) is 0 Å². The van der Waals surface area contributed by atoms with E-state index < -0.39 is 0 Å². The van der Waals surface area contributed by atoms with Crippen molar-refractivity contribution in [2.24, 2.45) is 41.4 Å². The Balaban J connectivity index is 1.76. The Bertz CT molecular complexity index is 308. The van der Waals surface area contributed by atoms with Crippen LogP contribution in [0, 0.1) is 41.4 Å². The molecule has 0 aromatic carbocycles. The fourth-order valence-corrected chi connectivity index (χ4v) is 5.51. The van der Waals surface area contributed by atoms with Crippen LogP contribution in [-0.2, 0) is 0 Å². The van der Waals surface area contributed by atoms with Crippen LogP contribution in [0.25, 0.3) is 0 Å². The van der Waals surface area contributed by atoms with Gasteiger partial charge < -0.3 is 0 Å². The Kier molecular flexibility index (Phi) is 0.603. The van der Waals surface area contributed by atoms with E-state index in [1.165, 1.54) is 23.7 Å². The minimum atomic E-state index is 1.04. The normalized spacial score (nSPS) is 73.3. The maximum absolute atomic E-state index is 2.68. The van der Waals surface area contributed by atoms with Crippen molar-refractivity contribution < 1.29 is 0 Å². The molecule has 0 aliphatic heterocycles. The summed E-state index contributed by atoms with van der Waals surface area (Å²) in [4.78, 5) is 0. The van der Waals surface area contributed by atoms with Gasteiger partial charge in [-0.05, 0) is 60.7 Å². The van der Waals surface area contributed by atoms with Crippen LogP contribution in [0.2, 0.25) is 0 Å². The zero-order valence-corrected chi connectivity index (χ0v) is 7.24. The SMILES string of the molecule is C1=C2C3CC1CC1CC4C1C2C34. The Morgan fingerprint density at radius 1 is 1.08 bits per heavy atom. The van der Waals surface area contributed by atoms with Crippen molar-refractivity contribution in [1.29, 1.82) is 0 Å². The minimum Gasteiger partial charge on any atom is -0.0816 e. The first kappa shape index (κ1) is 5.47. The third kappa shape index (κ3) is 0.326.